The normalized spacial score (nSPS) is 30.1. The molecule has 0 bridgehead atoms. The Morgan fingerprint density at radius 2 is 2.00 bits per heavy atom. The second-order valence-corrected chi connectivity index (χ2v) is 7.14. The molecule has 0 aromatic heterocycles. The molecular weight excluding hydrogens is 248 g/mol. The van der Waals surface area contributed by atoms with Crippen LogP contribution in [-0.4, -0.2) is 47.8 Å². The number of rotatable bonds is 8. The lowest BCUT2D eigenvalue weighted by atomic mass is 9.91. The van der Waals surface area contributed by atoms with Crippen molar-refractivity contribution >= 4 is 0 Å². The number of aliphatic hydroxyl groups excluding tert-OH is 1. The molecule has 0 aromatic rings. The maximum absolute atomic E-state index is 9.51. The molecule has 3 unspecified atom stereocenters. The molecule has 1 heterocycles. The van der Waals surface area contributed by atoms with E-state index in [9.17, 15) is 5.11 Å². The van der Waals surface area contributed by atoms with E-state index in [1.165, 1.54) is 58.0 Å². The van der Waals surface area contributed by atoms with Gasteiger partial charge in [-0.25, -0.2) is 0 Å². The van der Waals surface area contributed by atoms with Crippen LogP contribution in [0.2, 0.25) is 0 Å². The van der Waals surface area contributed by atoms with Crippen molar-refractivity contribution in [2.75, 3.05) is 26.2 Å². The van der Waals surface area contributed by atoms with Gasteiger partial charge in [0, 0.05) is 11.6 Å². The van der Waals surface area contributed by atoms with Crippen molar-refractivity contribution in [2.24, 2.45) is 5.92 Å². The molecule has 3 atom stereocenters. The van der Waals surface area contributed by atoms with E-state index in [4.69, 9.17) is 0 Å². The minimum Gasteiger partial charge on any atom is -0.394 e. The zero-order valence-corrected chi connectivity index (χ0v) is 13.5. The largest absolute Gasteiger partial charge is 0.394 e. The van der Waals surface area contributed by atoms with E-state index >= 15 is 0 Å². The van der Waals surface area contributed by atoms with Crippen LogP contribution < -0.4 is 5.32 Å². The Balaban J connectivity index is 1.67. The summed E-state index contributed by atoms with van der Waals surface area (Å²) in [5.74, 6) is 1.01. The Bertz CT molecular complexity index is 284. The lowest BCUT2D eigenvalue weighted by Crippen LogP contribution is -2.46. The maximum atomic E-state index is 9.51. The second kappa shape index (κ2) is 7.77. The van der Waals surface area contributed by atoms with Gasteiger partial charge in [0.25, 0.3) is 0 Å². The molecule has 20 heavy (non-hydrogen) atoms. The first-order valence-electron chi connectivity index (χ1n) is 8.78. The number of nitrogens with one attached hydrogen (secondary N) is 1. The van der Waals surface area contributed by atoms with Gasteiger partial charge in [0.05, 0.1) is 6.61 Å². The molecule has 1 saturated carbocycles. The van der Waals surface area contributed by atoms with E-state index < -0.39 is 0 Å². The molecule has 2 aliphatic rings. The average Bonchev–Trinajstić information content (AvgIpc) is 2.93. The summed E-state index contributed by atoms with van der Waals surface area (Å²) in [6.07, 6.45) is 10.8. The van der Waals surface area contributed by atoms with Gasteiger partial charge in [-0.1, -0.05) is 19.8 Å². The third kappa shape index (κ3) is 4.19. The van der Waals surface area contributed by atoms with Crippen LogP contribution in [0.3, 0.4) is 0 Å². The van der Waals surface area contributed by atoms with E-state index in [-0.39, 0.29) is 12.1 Å². The summed E-state index contributed by atoms with van der Waals surface area (Å²) < 4.78 is 0. The smallest absolute Gasteiger partial charge is 0.0610 e. The topological polar surface area (TPSA) is 35.5 Å². The molecule has 3 nitrogen and oxygen atoms in total. The Morgan fingerprint density at radius 1 is 1.20 bits per heavy atom. The molecule has 0 amide bonds. The predicted octanol–water partition coefficient (Wildman–Crippen LogP) is 2.78. The molecule has 3 heteroatoms. The molecule has 2 rings (SSSR count). The number of piperidine rings is 1. The van der Waals surface area contributed by atoms with Gasteiger partial charge in [-0.05, 0) is 71.0 Å². The van der Waals surface area contributed by atoms with Crippen LogP contribution in [0, 0.1) is 5.92 Å². The highest BCUT2D eigenvalue weighted by Crippen LogP contribution is 2.36. The van der Waals surface area contributed by atoms with Crippen molar-refractivity contribution in [1.29, 1.82) is 0 Å². The van der Waals surface area contributed by atoms with Crippen molar-refractivity contribution in [1.82, 2.24) is 10.2 Å². The monoisotopic (exact) mass is 282 g/mol. The quantitative estimate of drug-likeness (QED) is 0.672. The van der Waals surface area contributed by atoms with Crippen LogP contribution >= 0.6 is 0 Å². The van der Waals surface area contributed by atoms with Crippen molar-refractivity contribution in [3.63, 3.8) is 0 Å². The second-order valence-electron chi connectivity index (χ2n) is 7.14. The van der Waals surface area contributed by atoms with E-state index in [2.05, 4.69) is 24.1 Å². The first-order chi connectivity index (χ1) is 9.68. The first-order valence-corrected chi connectivity index (χ1v) is 8.78. The van der Waals surface area contributed by atoms with Crippen LogP contribution in [0.4, 0.5) is 0 Å². The summed E-state index contributed by atoms with van der Waals surface area (Å²) in [6, 6.07) is 0.904. The molecular formula is C17H34N2O. The van der Waals surface area contributed by atoms with Gasteiger partial charge in [0.1, 0.15) is 0 Å². The van der Waals surface area contributed by atoms with E-state index in [0.717, 1.165) is 24.9 Å². The van der Waals surface area contributed by atoms with Crippen LogP contribution in [-0.2, 0) is 0 Å². The molecule has 2 N–H and O–H groups in total. The molecule has 1 saturated heterocycles. The average molecular weight is 282 g/mol. The fourth-order valence-electron chi connectivity index (χ4n) is 4.31. The molecule has 118 valence electrons. The summed E-state index contributed by atoms with van der Waals surface area (Å²) in [7, 11) is 0. The first kappa shape index (κ1) is 16.3. The van der Waals surface area contributed by atoms with Crippen molar-refractivity contribution < 1.29 is 5.11 Å². The van der Waals surface area contributed by atoms with Crippen LogP contribution in [0.1, 0.15) is 65.2 Å². The highest BCUT2D eigenvalue weighted by atomic mass is 16.3. The Morgan fingerprint density at radius 3 is 2.75 bits per heavy atom. The summed E-state index contributed by atoms with van der Waals surface area (Å²) in [5, 5.41) is 12.9. The number of fused-ring (bicyclic) bond motifs is 1. The Kier molecular flexibility index (Phi) is 6.31. The van der Waals surface area contributed by atoms with Crippen molar-refractivity contribution in [3.05, 3.63) is 0 Å². The summed E-state index contributed by atoms with van der Waals surface area (Å²) in [6.45, 7) is 8.04. The molecule has 0 spiro atoms. The molecule has 0 aromatic carbocycles. The van der Waals surface area contributed by atoms with E-state index in [1.807, 2.05) is 0 Å². The van der Waals surface area contributed by atoms with E-state index in [1.54, 1.807) is 0 Å². The maximum Gasteiger partial charge on any atom is 0.0610 e. The molecule has 1 aliphatic heterocycles. The van der Waals surface area contributed by atoms with Gasteiger partial charge < -0.3 is 15.3 Å². The fraction of sp³-hybridized carbons (Fsp3) is 1.00. The van der Waals surface area contributed by atoms with Crippen LogP contribution in [0.5, 0.6) is 0 Å². The van der Waals surface area contributed by atoms with Gasteiger partial charge in [-0.15, -0.1) is 0 Å². The lowest BCUT2D eigenvalue weighted by molar-refractivity contribution is 0.108. The minimum absolute atomic E-state index is 0.0768. The SMILES string of the molecule is CCNC(C)(CO)CCCCN1CCCC2CCCC21. The summed E-state index contributed by atoms with van der Waals surface area (Å²) >= 11 is 0. The third-order valence-corrected chi connectivity index (χ3v) is 5.48. The number of hydrogen-bond acceptors (Lipinski definition) is 3. The van der Waals surface area contributed by atoms with Crippen molar-refractivity contribution in [3.8, 4) is 0 Å². The van der Waals surface area contributed by atoms with Gasteiger partial charge in [-0.3, -0.25) is 0 Å². The number of unbranched alkanes of at least 4 members (excludes halogenated alkanes) is 1. The highest BCUT2D eigenvalue weighted by Gasteiger charge is 2.34. The molecule has 0 radical (unpaired) electrons. The van der Waals surface area contributed by atoms with Gasteiger partial charge in [0.15, 0.2) is 0 Å². The minimum atomic E-state index is -0.0768. The Hall–Kier alpha value is -0.120. The fourth-order valence-corrected chi connectivity index (χ4v) is 4.31. The third-order valence-electron chi connectivity index (χ3n) is 5.48. The van der Waals surface area contributed by atoms with Gasteiger partial charge in [0.2, 0.25) is 0 Å². The van der Waals surface area contributed by atoms with Gasteiger partial charge in [-0.2, -0.15) is 0 Å². The molecule has 2 fully saturated rings. The van der Waals surface area contributed by atoms with Gasteiger partial charge >= 0.3 is 0 Å². The standard InChI is InChI=1S/C17H34N2O/c1-3-18-17(2,14-20)11-4-5-12-19-13-7-9-15-8-6-10-16(15)19/h15-16,18,20H,3-14H2,1-2H3. The van der Waals surface area contributed by atoms with E-state index in [0.29, 0.717) is 0 Å². The number of likely N-dealkylation sites (tertiary alicyclic amines) is 1. The summed E-state index contributed by atoms with van der Waals surface area (Å²) in [5.41, 5.74) is -0.0768. The molecule has 1 aliphatic carbocycles. The number of aliphatic hydroxyl groups is 1. The van der Waals surface area contributed by atoms with Crippen LogP contribution in [0.15, 0.2) is 0 Å². The lowest BCUT2D eigenvalue weighted by Gasteiger charge is -2.38. The van der Waals surface area contributed by atoms with Crippen LogP contribution in [0.25, 0.3) is 0 Å². The number of nitrogens with zero attached hydrogens (tertiary/aromatic N) is 1. The highest BCUT2D eigenvalue weighted by molar-refractivity contribution is 4.89. The zero-order chi connectivity index (χ0) is 14.4. The summed E-state index contributed by atoms with van der Waals surface area (Å²) in [4.78, 5) is 2.77. The zero-order valence-electron chi connectivity index (χ0n) is 13.5. The predicted molar refractivity (Wildman–Crippen MR) is 85.0 cm³/mol. The number of hydrogen-bond donors (Lipinski definition) is 2. The Labute approximate surface area is 125 Å². The number of likely N-dealkylation sites (N-methyl/N-ethyl adjacent to an activating group) is 1. The van der Waals surface area contributed by atoms with Crippen molar-refractivity contribution in [2.45, 2.75) is 76.8 Å².